The summed E-state index contributed by atoms with van der Waals surface area (Å²) in [5, 5.41) is 10.8. The number of esters is 1. The number of sulfonamides is 1. The van der Waals surface area contributed by atoms with Gasteiger partial charge in [-0.25, -0.2) is 18.1 Å². The summed E-state index contributed by atoms with van der Waals surface area (Å²) in [4.78, 5) is 28.2. The Morgan fingerprint density at radius 3 is 2.55 bits per heavy atom. The van der Waals surface area contributed by atoms with Crippen molar-refractivity contribution in [1.82, 2.24) is 24.5 Å². The van der Waals surface area contributed by atoms with Crippen LogP contribution in [0.1, 0.15) is 39.5 Å². The normalized spacial score (nSPS) is 11.4. The summed E-state index contributed by atoms with van der Waals surface area (Å²) in [7, 11) is -2.13. The fourth-order valence-electron chi connectivity index (χ4n) is 2.64. The molecule has 33 heavy (non-hydrogen) atoms. The Balaban J connectivity index is 1.43. The quantitative estimate of drug-likeness (QED) is 0.408. The molecule has 2 heterocycles. The Kier molecular flexibility index (Phi) is 7.89. The molecule has 0 radical (unpaired) electrons. The first-order chi connectivity index (χ1) is 15.7. The second-order valence-corrected chi connectivity index (χ2v) is 9.83. The lowest BCUT2D eigenvalue weighted by Gasteiger charge is -2.04. The lowest BCUT2D eigenvalue weighted by atomic mass is 10.1. The number of hydrogen-bond acceptors (Lipinski definition) is 9. The van der Waals surface area contributed by atoms with Gasteiger partial charge in [0, 0.05) is 25.5 Å². The number of ether oxygens (including phenoxy) is 1. The van der Waals surface area contributed by atoms with Gasteiger partial charge in [0.05, 0.1) is 6.42 Å². The van der Waals surface area contributed by atoms with Crippen molar-refractivity contribution in [3.05, 3.63) is 51.9 Å². The van der Waals surface area contributed by atoms with Gasteiger partial charge < -0.3 is 14.6 Å². The molecule has 0 saturated carbocycles. The summed E-state index contributed by atoms with van der Waals surface area (Å²) in [5.41, 5.74) is 1.80. The molecule has 0 aliphatic rings. The van der Waals surface area contributed by atoms with Crippen LogP contribution in [0, 0.1) is 6.92 Å². The molecule has 0 fully saturated rings. The van der Waals surface area contributed by atoms with Crippen LogP contribution in [0.3, 0.4) is 0 Å². The van der Waals surface area contributed by atoms with Crippen LogP contribution >= 0.6 is 11.3 Å². The number of benzene rings is 1. The van der Waals surface area contributed by atoms with Crippen molar-refractivity contribution in [3.8, 4) is 0 Å². The Hall–Kier alpha value is -3.16. The second-order valence-electron chi connectivity index (χ2n) is 7.05. The van der Waals surface area contributed by atoms with Crippen molar-refractivity contribution < 1.29 is 22.7 Å². The number of nitrogens with zero attached hydrogens (tertiary/aromatic N) is 4. The zero-order valence-corrected chi connectivity index (χ0v) is 20.0. The monoisotopic (exact) mass is 492 g/mol. The predicted octanol–water partition coefficient (Wildman–Crippen LogP) is 1.81. The van der Waals surface area contributed by atoms with Gasteiger partial charge in [-0.15, -0.1) is 10.2 Å². The maximum atomic E-state index is 12.3. The third-order valence-corrected chi connectivity index (χ3v) is 6.85. The lowest BCUT2D eigenvalue weighted by Crippen LogP contribution is -2.27. The SMILES string of the molecule is CCc1ccc(NC(=O)c2nnc(COC(=O)CCNS(=O)(=O)c3cn(C)c(C)n3)s2)cc1. The number of nitrogens with one attached hydrogen (secondary N) is 2. The van der Waals surface area contributed by atoms with Crippen LogP contribution in [0.5, 0.6) is 0 Å². The summed E-state index contributed by atoms with van der Waals surface area (Å²) >= 11 is 1.01. The van der Waals surface area contributed by atoms with Gasteiger partial charge in [0.2, 0.25) is 5.01 Å². The molecule has 1 amide bonds. The van der Waals surface area contributed by atoms with Crippen molar-refractivity contribution in [3.63, 3.8) is 0 Å². The first-order valence-electron chi connectivity index (χ1n) is 10.1. The highest BCUT2D eigenvalue weighted by atomic mass is 32.2. The van der Waals surface area contributed by atoms with Gasteiger partial charge in [0.15, 0.2) is 10.0 Å². The molecular formula is C20H24N6O5S2. The van der Waals surface area contributed by atoms with E-state index >= 15 is 0 Å². The highest BCUT2D eigenvalue weighted by Gasteiger charge is 2.19. The van der Waals surface area contributed by atoms with E-state index in [1.807, 2.05) is 31.2 Å². The van der Waals surface area contributed by atoms with Crippen molar-refractivity contribution in [2.24, 2.45) is 7.05 Å². The fourth-order valence-corrected chi connectivity index (χ4v) is 4.36. The van der Waals surface area contributed by atoms with Gasteiger partial charge in [-0.3, -0.25) is 9.59 Å². The van der Waals surface area contributed by atoms with E-state index in [1.54, 1.807) is 18.5 Å². The fraction of sp³-hybridized carbons (Fsp3) is 0.350. The number of carbonyl (C=O) groups is 2. The maximum Gasteiger partial charge on any atom is 0.307 e. The van der Waals surface area contributed by atoms with Crippen molar-refractivity contribution in [1.29, 1.82) is 0 Å². The van der Waals surface area contributed by atoms with E-state index in [9.17, 15) is 18.0 Å². The van der Waals surface area contributed by atoms with Crippen LogP contribution in [-0.4, -0.2) is 46.6 Å². The van der Waals surface area contributed by atoms with Crippen LogP contribution in [0.25, 0.3) is 0 Å². The number of aromatic nitrogens is 4. The number of imidazole rings is 1. The molecule has 0 spiro atoms. The Morgan fingerprint density at radius 2 is 1.91 bits per heavy atom. The lowest BCUT2D eigenvalue weighted by molar-refractivity contribution is -0.144. The first-order valence-corrected chi connectivity index (χ1v) is 12.4. The molecular weight excluding hydrogens is 468 g/mol. The Labute approximate surface area is 195 Å². The minimum atomic E-state index is -3.82. The van der Waals surface area contributed by atoms with E-state index in [2.05, 4.69) is 25.2 Å². The molecule has 0 unspecified atom stereocenters. The molecule has 3 rings (SSSR count). The van der Waals surface area contributed by atoms with Crippen LogP contribution in [0.2, 0.25) is 0 Å². The van der Waals surface area contributed by atoms with Gasteiger partial charge in [0.1, 0.15) is 12.4 Å². The summed E-state index contributed by atoms with van der Waals surface area (Å²) in [6, 6.07) is 7.48. The average Bonchev–Trinajstić information content (AvgIpc) is 3.40. The highest BCUT2D eigenvalue weighted by molar-refractivity contribution is 7.89. The molecule has 176 valence electrons. The Morgan fingerprint density at radius 1 is 1.18 bits per heavy atom. The van der Waals surface area contributed by atoms with E-state index < -0.39 is 21.9 Å². The molecule has 0 atom stereocenters. The second kappa shape index (κ2) is 10.6. The molecule has 2 aromatic heterocycles. The van der Waals surface area contributed by atoms with Crippen LogP contribution < -0.4 is 10.0 Å². The predicted molar refractivity (Wildman–Crippen MR) is 121 cm³/mol. The smallest absolute Gasteiger partial charge is 0.307 e. The summed E-state index contributed by atoms with van der Waals surface area (Å²) in [6.45, 7) is 3.42. The molecule has 2 N–H and O–H groups in total. The van der Waals surface area contributed by atoms with Crippen LogP contribution in [0.4, 0.5) is 5.69 Å². The number of anilines is 1. The van der Waals surface area contributed by atoms with Crippen molar-refractivity contribution in [2.75, 3.05) is 11.9 Å². The number of hydrogen-bond donors (Lipinski definition) is 2. The zero-order valence-electron chi connectivity index (χ0n) is 18.4. The van der Waals surface area contributed by atoms with Gasteiger partial charge >= 0.3 is 5.97 Å². The topological polar surface area (TPSA) is 145 Å². The molecule has 0 aliphatic heterocycles. The highest BCUT2D eigenvalue weighted by Crippen LogP contribution is 2.15. The molecule has 1 aromatic carbocycles. The van der Waals surface area contributed by atoms with Gasteiger partial charge in [-0.05, 0) is 31.0 Å². The largest absolute Gasteiger partial charge is 0.458 e. The van der Waals surface area contributed by atoms with Gasteiger partial charge in [0.25, 0.3) is 15.9 Å². The van der Waals surface area contributed by atoms with E-state index in [0.29, 0.717) is 16.5 Å². The third kappa shape index (κ3) is 6.66. The van der Waals surface area contributed by atoms with E-state index in [-0.39, 0.29) is 29.6 Å². The molecule has 0 aliphatic carbocycles. The Bertz CT molecular complexity index is 1210. The van der Waals surface area contributed by atoms with Gasteiger partial charge in [-0.1, -0.05) is 30.4 Å². The zero-order chi connectivity index (χ0) is 24.0. The molecule has 0 bridgehead atoms. The maximum absolute atomic E-state index is 12.3. The van der Waals surface area contributed by atoms with Crippen LogP contribution in [-0.2, 0) is 39.6 Å². The number of amides is 1. The molecule has 3 aromatic rings. The van der Waals surface area contributed by atoms with E-state index in [4.69, 9.17) is 4.74 Å². The number of carbonyl (C=O) groups excluding carboxylic acids is 2. The average molecular weight is 493 g/mol. The minimum Gasteiger partial charge on any atom is -0.458 e. The van der Waals surface area contributed by atoms with Crippen molar-refractivity contribution >= 4 is 38.9 Å². The third-order valence-electron chi connectivity index (χ3n) is 4.62. The number of rotatable bonds is 10. The molecule has 0 saturated heterocycles. The summed E-state index contributed by atoms with van der Waals surface area (Å²) in [5.74, 6) is -0.477. The standard InChI is InChI=1S/C20H24N6O5S2/c1-4-14-5-7-15(8-6-14)23-19(28)20-25-24-16(32-20)12-31-18(27)9-10-21-33(29,30)17-11-26(3)13(2)22-17/h5-8,11,21H,4,9-10,12H2,1-3H3,(H,23,28). The first kappa shape index (κ1) is 24.5. The van der Waals surface area contributed by atoms with E-state index in [1.165, 1.54) is 6.20 Å². The number of aryl methyl sites for hydroxylation is 3. The van der Waals surface area contributed by atoms with Gasteiger partial charge in [-0.2, -0.15) is 0 Å². The summed E-state index contributed by atoms with van der Waals surface area (Å²) in [6.07, 6.45) is 2.12. The summed E-state index contributed by atoms with van der Waals surface area (Å²) < 4.78 is 33.4. The van der Waals surface area contributed by atoms with Crippen LogP contribution in [0.15, 0.2) is 35.5 Å². The molecule has 11 nitrogen and oxygen atoms in total. The minimum absolute atomic E-state index is 0.114. The van der Waals surface area contributed by atoms with Crippen molar-refractivity contribution in [2.45, 2.75) is 38.3 Å². The van der Waals surface area contributed by atoms with E-state index in [0.717, 1.165) is 23.3 Å². The molecule has 13 heteroatoms.